The molecule has 2 aliphatic rings. The molecule has 5 atom stereocenters. The Balaban J connectivity index is -0.0000000290. The van der Waals surface area contributed by atoms with Crippen LogP contribution >= 0.6 is 0 Å². The molecule has 0 spiro atoms. The summed E-state index contributed by atoms with van der Waals surface area (Å²) in [5.41, 5.74) is -0.533. The van der Waals surface area contributed by atoms with Crippen LogP contribution in [0.3, 0.4) is 0 Å². The van der Waals surface area contributed by atoms with Gasteiger partial charge in [0.15, 0.2) is 0 Å². The van der Waals surface area contributed by atoms with Crippen molar-refractivity contribution in [3.63, 3.8) is 0 Å². The van der Waals surface area contributed by atoms with E-state index in [4.69, 9.17) is 34.7 Å². The zero-order chi connectivity index (χ0) is 67.0. The molecule has 4 N–H and O–H groups in total. The molecule has 0 aromatic heterocycles. The van der Waals surface area contributed by atoms with Gasteiger partial charge in [0.25, 0.3) is 0 Å². The molecule has 0 aromatic rings. The average Bonchev–Trinajstić information content (AvgIpc) is 3.56. The number of ether oxygens (including phenoxy) is 6. The van der Waals surface area contributed by atoms with Crippen LogP contribution in [0, 0.1) is 35.5 Å². The van der Waals surface area contributed by atoms with Gasteiger partial charge in [0.1, 0.15) is 17.4 Å². The number of hydrogen-bond donors (Lipinski definition) is 4. The van der Waals surface area contributed by atoms with Crippen molar-refractivity contribution in [2.24, 2.45) is 35.5 Å². The second-order valence-corrected chi connectivity index (χ2v) is 12.5. The Morgan fingerprint density at radius 3 is 0.989 bits per heavy atom. The number of carbonyl (C=O) groups excluding carboxylic acids is 5. The fourth-order valence-electron chi connectivity index (χ4n) is 4.99. The van der Waals surface area contributed by atoms with Crippen LogP contribution in [0.1, 0.15) is 172 Å². The average molecular weight is 1750 g/mol. The van der Waals surface area contributed by atoms with Gasteiger partial charge < -0.3 is 48.8 Å². The van der Waals surface area contributed by atoms with Crippen LogP contribution in [-0.2, 0) is 262 Å². The third kappa shape index (κ3) is 105. The third-order valence-electron chi connectivity index (χ3n) is 8.74. The van der Waals surface area contributed by atoms with Gasteiger partial charge in [0, 0.05) is 260 Å². The number of allylic oxidation sites excluding steroid dienone is 8. The van der Waals surface area contributed by atoms with Crippen molar-refractivity contribution in [2.45, 2.75) is 172 Å². The normalized spacial score (nSPS) is 12.8. The zero-order valence-corrected chi connectivity index (χ0v) is 76.5. The predicted molar refractivity (Wildman–Crippen MR) is 328 cm³/mol. The second kappa shape index (κ2) is 150. The van der Waals surface area contributed by atoms with Gasteiger partial charge in [-0.1, -0.05) is 151 Å². The van der Waals surface area contributed by atoms with Crippen LogP contribution in [0.2, 0.25) is 0 Å². The van der Waals surface area contributed by atoms with Gasteiger partial charge in [-0.2, -0.15) is 0 Å². The topological polar surface area (TPSA) is 222 Å². The summed E-state index contributed by atoms with van der Waals surface area (Å²) >= 11 is 0. The molecule has 28 heteroatoms. The van der Waals surface area contributed by atoms with E-state index in [1.807, 2.05) is 144 Å². The Kier molecular flexibility index (Phi) is 259. The Labute approximate surface area is 693 Å². The molecule has 90 heavy (non-hydrogen) atoms. The Hall–Kier alpha value is 1.45. The first-order valence-corrected chi connectivity index (χ1v) is 28.5. The van der Waals surface area contributed by atoms with Crippen molar-refractivity contribution in [1.29, 1.82) is 0 Å². The Morgan fingerprint density at radius 2 is 0.811 bits per heavy atom. The van der Waals surface area contributed by atoms with E-state index >= 15 is 0 Å². The first-order valence-electron chi connectivity index (χ1n) is 28.5. The van der Waals surface area contributed by atoms with Crippen LogP contribution in [0.25, 0.3) is 0 Å². The smallest absolute Gasteiger partial charge is 0.345 e. The van der Waals surface area contributed by atoms with Crippen molar-refractivity contribution in [3.05, 3.63) is 97.1 Å². The van der Waals surface area contributed by atoms with E-state index in [-0.39, 0.29) is 283 Å². The van der Waals surface area contributed by atoms with Gasteiger partial charge >= 0.3 is 23.9 Å². The summed E-state index contributed by atoms with van der Waals surface area (Å²) in [7, 11) is 4.46. The van der Waals surface area contributed by atoms with Crippen molar-refractivity contribution in [3.8, 4) is 0 Å². The van der Waals surface area contributed by atoms with Crippen LogP contribution in [-0.4, -0.2) is 119 Å². The summed E-state index contributed by atoms with van der Waals surface area (Å²) in [5.74, 6) is -2.08. The predicted octanol–water partition coefficient (Wildman–Crippen LogP) is 15.2. The number of carbonyl (C=O) groups is 5. The van der Waals surface area contributed by atoms with Crippen molar-refractivity contribution >= 4 is 30.2 Å². The molecular formula is C62H120F4O15V6Y3. The molecule has 525 valence electrons. The molecule has 0 bridgehead atoms. The number of esters is 4. The summed E-state index contributed by atoms with van der Waals surface area (Å²) in [4.78, 5) is 53.0. The number of aliphatic hydroxyl groups is 4. The maximum absolute atomic E-state index is 11.8. The van der Waals surface area contributed by atoms with Gasteiger partial charge in [0.2, 0.25) is 0 Å². The molecule has 0 aliphatic carbocycles. The Morgan fingerprint density at radius 1 is 0.511 bits per heavy atom. The molecule has 0 fully saturated rings. The van der Waals surface area contributed by atoms with Crippen molar-refractivity contribution in [2.75, 3.05) is 68.1 Å². The molecule has 15 nitrogen and oxygen atoms in total. The first kappa shape index (κ1) is 155. The number of halogens is 4. The van der Waals surface area contributed by atoms with Gasteiger partial charge in [-0.25, -0.2) is 36.7 Å². The van der Waals surface area contributed by atoms with Crippen molar-refractivity contribution in [1.82, 2.24) is 0 Å². The summed E-state index contributed by atoms with van der Waals surface area (Å²) < 4.78 is 73.0. The third-order valence-corrected chi connectivity index (χ3v) is 8.74. The van der Waals surface area contributed by atoms with E-state index in [1.54, 1.807) is 12.5 Å². The largest absolute Gasteiger partial charge is 0.501 e. The van der Waals surface area contributed by atoms with Crippen LogP contribution < -0.4 is 0 Å². The monoisotopic (exact) mass is 1750 g/mol. The number of aldehydes is 1. The minimum Gasteiger partial charge on any atom is -0.501 e. The molecule has 2 heterocycles. The summed E-state index contributed by atoms with van der Waals surface area (Å²) in [5, 5.41) is 35.2. The van der Waals surface area contributed by atoms with Crippen LogP contribution in [0.15, 0.2) is 97.1 Å². The van der Waals surface area contributed by atoms with E-state index in [2.05, 4.69) is 32.8 Å². The fourth-order valence-corrected chi connectivity index (χ4v) is 4.99. The number of aliphatic hydroxyl groups excluding tert-OH is 4. The SMILES string of the molecule is CC.CC.CC.CC.CC.CC.CC.CC.CC.CCC(/C=C\F)C(CO)CO.CCC1C=COCC1CO.CCC1C=COCC1CO.COC(=O)C(=C/C=C\F)C(=O)OC.COC(=O)C(C(=O)OC)=C(C)/C=C\F.O=C/C=C\F.[V].[V].[V].[V].[V].[V].[Y].[Y].[Y]. The molecule has 5 unspecified atom stereocenters. The van der Waals surface area contributed by atoms with E-state index in [1.165, 1.54) is 13.0 Å². The molecule has 0 amide bonds. The van der Waals surface area contributed by atoms with Gasteiger partial charge in [-0.05, 0) is 79.9 Å². The summed E-state index contributed by atoms with van der Waals surface area (Å²) in [6.45, 7) is 45.2. The number of hydrogen-bond acceptors (Lipinski definition) is 15. The molecule has 0 saturated carbocycles. The molecule has 0 saturated heterocycles. The van der Waals surface area contributed by atoms with Gasteiger partial charge in [0.05, 0.1) is 79.5 Å². The molecule has 2 aliphatic heterocycles. The first-order chi connectivity index (χ1) is 39.2. The van der Waals surface area contributed by atoms with Crippen molar-refractivity contribution < 1.29 is 300 Å². The molecular weight excluding hydrogens is 1630 g/mol. The van der Waals surface area contributed by atoms with E-state index in [9.17, 15) is 36.7 Å². The van der Waals surface area contributed by atoms with E-state index in [0.29, 0.717) is 49.5 Å². The summed E-state index contributed by atoms with van der Waals surface area (Å²) in [6, 6.07) is 0. The van der Waals surface area contributed by atoms with Crippen LogP contribution in [0.5, 0.6) is 0 Å². The molecule has 9 radical (unpaired) electrons. The molecule has 0 aromatic carbocycles. The van der Waals surface area contributed by atoms with Gasteiger partial charge in [-0.3, -0.25) is 4.79 Å². The van der Waals surface area contributed by atoms with E-state index < -0.39 is 23.9 Å². The fraction of sp³-hybridized carbons (Fsp3) is 0.661. The number of methoxy groups -OCH3 is 4. The standard InChI is InChI=1S/C9H11FO4.C8H9FO4.C8H15FO2.2C8H14O2.C3H3FO.9C2H6.6V.3Y/c1-6(4-5-10)7(8(11)13-2)9(12)14-3;1-12-7(10)6(4-3-5-9)8(11)13-2;1-2-7(3-4-9)8(5-10)6-11;2*1-2-7-3-4-10-6-8(7)5-9;4-2-1-3-5;9*1-2;;;;;;;;;/h4-5H,1-3H3;3-5H,1-2H3;3-4,7-8,10-11H,2,5-6H2,1H3;2*3-4,7-9H,2,5-6H2,1H3;1-3H;9*1-2H3;;;;;;;;;/b5-4-;5-3-;4-3-;;;2-1-;;;;;;;;;;;;;;;;;;. The minimum atomic E-state index is -0.870. The van der Waals surface area contributed by atoms with Gasteiger partial charge in [-0.15, -0.1) is 0 Å². The zero-order valence-electron chi connectivity index (χ0n) is 59.6. The van der Waals surface area contributed by atoms with Crippen LogP contribution in [0.4, 0.5) is 17.6 Å². The van der Waals surface area contributed by atoms with E-state index in [0.717, 1.165) is 72.0 Å². The second-order valence-electron chi connectivity index (χ2n) is 12.5. The Bertz CT molecular complexity index is 1480. The molecule has 2 rings (SSSR count). The maximum atomic E-state index is 11.8. The number of rotatable bonds is 16. The quantitative estimate of drug-likeness (QED) is 0.0165. The maximum Gasteiger partial charge on any atom is 0.345 e. The minimum absolute atomic E-state index is 0. The summed E-state index contributed by atoms with van der Waals surface area (Å²) in [6.07, 6.45) is 16.9.